The van der Waals surface area contributed by atoms with Gasteiger partial charge in [0.2, 0.25) is 0 Å². The second-order valence-electron chi connectivity index (χ2n) is 5.57. The Morgan fingerprint density at radius 2 is 1.82 bits per heavy atom. The van der Waals surface area contributed by atoms with Crippen molar-refractivity contribution in [3.8, 4) is 0 Å². The lowest BCUT2D eigenvalue weighted by atomic mass is 9.85. The minimum Gasteiger partial charge on any atom is -0.385 e. The monoisotopic (exact) mass is 234 g/mol. The first-order valence-electron chi connectivity index (χ1n) is 6.16. The molecule has 0 saturated carbocycles. The SMILES string of the molecule is CC(C)(C)C(O)C(=O)CCCc1ccccc1. The maximum absolute atomic E-state index is 11.7. The fourth-order valence-electron chi connectivity index (χ4n) is 1.73. The number of ketones is 1. The summed E-state index contributed by atoms with van der Waals surface area (Å²) in [5.74, 6) is -0.0477. The maximum Gasteiger partial charge on any atom is 0.161 e. The average molecular weight is 234 g/mol. The number of aliphatic hydroxyl groups excluding tert-OH is 1. The van der Waals surface area contributed by atoms with Crippen LogP contribution in [0.4, 0.5) is 0 Å². The molecule has 0 aliphatic rings. The van der Waals surface area contributed by atoms with Gasteiger partial charge in [0.1, 0.15) is 6.10 Å². The molecule has 0 fully saturated rings. The molecule has 1 N–H and O–H groups in total. The number of aliphatic hydroxyl groups is 1. The van der Waals surface area contributed by atoms with E-state index in [1.54, 1.807) is 0 Å². The van der Waals surface area contributed by atoms with E-state index >= 15 is 0 Å². The van der Waals surface area contributed by atoms with Gasteiger partial charge in [-0.1, -0.05) is 51.1 Å². The van der Waals surface area contributed by atoms with Crippen LogP contribution >= 0.6 is 0 Å². The quantitative estimate of drug-likeness (QED) is 0.850. The molecule has 0 amide bonds. The Kier molecular flexibility index (Phi) is 4.88. The predicted octanol–water partition coefficient (Wildman–Crippen LogP) is 2.99. The van der Waals surface area contributed by atoms with Gasteiger partial charge in [0.25, 0.3) is 0 Å². The number of benzene rings is 1. The molecule has 94 valence electrons. The molecule has 0 aromatic heterocycles. The number of aryl methyl sites for hydroxylation is 1. The topological polar surface area (TPSA) is 37.3 Å². The highest BCUT2D eigenvalue weighted by Gasteiger charge is 2.27. The zero-order chi connectivity index (χ0) is 12.9. The first-order valence-corrected chi connectivity index (χ1v) is 6.16. The fourth-order valence-corrected chi connectivity index (χ4v) is 1.73. The van der Waals surface area contributed by atoms with Gasteiger partial charge in [-0.05, 0) is 23.8 Å². The Balaban J connectivity index is 2.35. The van der Waals surface area contributed by atoms with Gasteiger partial charge in [-0.3, -0.25) is 4.79 Å². The highest BCUT2D eigenvalue weighted by molar-refractivity contribution is 5.83. The molecule has 0 radical (unpaired) electrons. The molecule has 0 saturated heterocycles. The lowest BCUT2D eigenvalue weighted by Gasteiger charge is -2.24. The fraction of sp³-hybridized carbons (Fsp3) is 0.533. The Hall–Kier alpha value is -1.15. The molecular weight excluding hydrogens is 212 g/mol. The largest absolute Gasteiger partial charge is 0.385 e. The minimum atomic E-state index is -0.849. The number of hydrogen-bond donors (Lipinski definition) is 1. The van der Waals surface area contributed by atoms with Crippen LogP contribution in [0.15, 0.2) is 30.3 Å². The summed E-state index contributed by atoms with van der Waals surface area (Å²) in [4.78, 5) is 11.7. The van der Waals surface area contributed by atoms with Gasteiger partial charge in [-0.15, -0.1) is 0 Å². The second kappa shape index (κ2) is 5.97. The zero-order valence-corrected chi connectivity index (χ0v) is 10.9. The predicted molar refractivity (Wildman–Crippen MR) is 69.8 cm³/mol. The van der Waals surface area contributed by atoms with Gasteiger partial charge < -0.3 is 5.11 Å². The highest BCUT2D eigenvalue weighted by atomic mass is 16.3. The Morgan fingerprint density at radius 3 is 2.35 bits per heavy atom. The van der Waals surface area contributed by atoms with Gasteiger partial charge in [0.15, 0.2) is 5.78 Å². The van der Waals surface area contributed by atoms with E-state index in [1.165, 1.54) is 5.56 Å². The Labute approximate surface area is 104 Å². The molecular formula is C15H22O2. The van der Waals surface area contributed by atoms with Crippen molar-refractivity contribution < 1.29 is 9.90 Å². The molecule has 0 aliphatic carbocycles. The van der Waals surface area contributed by atoms with Crippen molar-refractivity contribution in [3.05, 3.63) is 35.9 Å². The molecule has 1 aromatic rings. The van der Waals surface area contributed by atoms with E-state index in [4.69, 9.17) is 0 Å². The molecule has 0 spiro atoms. The van der Waals surface area contributed by atoms with Crippen LogP contribution in [0.1, 0.15) is 39.2 Å². The molecule has 2 nitrogen and oxygen atoms in total. The normalized spacial score (nSPS) is 13.4. The highest BCUT2D eigenvalue weighted by Crippen LogP contribution is 2.21. The van der Waals surface area contributed by atoms with E-state index in [9.17, 15) is 9.90 Å². The van der Waals surface area contributed by atoms with Crippen molar-refractivity contribution in [1.82, 2.24) is 0 Å². The van der Waals surface area contributed by atoms with E-state index in [0.717, 1.165) is 12.8 Å². The zero-order valence-electron chi connectivity index (χ0n) is 10.9. The van der Waals surface area contributed by atoms with Crippen molar-refractivity contribution in [1.29, 1.82) is 0 Å². The van der Waals surface area contributed by atoms with E-state index in [-0.39, 0.29) is 11.2 Å². The van der Waals surface area contributed by atoms with E-state index in [2.05, 4.69) is 12.1 Å². The molecule has 2 heteroatoms. The number of hydrogen-bond acceptors (Lipinski definition) is 2. The van der Waals surface area contributed by atoms with Crippen LogP contribution in [0.25, 0.3) is 0 Å². The third kappa shape index (κ3) is 4.70. The van der Waals surface area contributed by atoms with Crippen LogP contribution < -0.4 is 0 Å². The molecule has 1 rings (SSSR count). The summed E-state index contributed by atoms with van der Waals surface area (Å²) in [5.41, 5.74) is 0.884. The first-order chi connectivity index (χ1) is 7.91. The lowest BCUT2D eigenvalue weighted by molar-refractivity contribution is -0.132. The molecule has 1 atom stereocenters. The van der Waals surface area contributed by atoms with Gasteiger partial charge >= 0.3 is 0 Å². The third-order valence-electron chi connectivity index (χ3n) is 2.86. The van der Waals surface area contributed by atoms with E-state index in [0.29, 0.717) is 6.42 Å². The molecule has 0 heterocycles. The molecule has 0 aliphatic heterocycles. The maximum atomic E-state index is 11.7. The van der Waals surface area contributed by atoms with Crippen LogP contribution in [0.2, 0.25) is 0 Å². The summed E-state index contributed by atoms with van der Waals surface area (Å²) < 4.78 is 0. The van der Waals surface area contributed by atoms with Crippen LogP contribution in [-0.2, 0) is 11.2 Å². The molecule has 1 unspecified atom stereocenters. The van der Waals surface area contributed by atoms with Crippen molar-refractivity contribution in [3.63, 3.8) is 0 Å². The molecule has 1 aromatic carbocycles. The van der Waals surface area contributed by atoms with Crippen molar-refractivity contribution in [2.75, 3.05) is 0 Å². The summed E-state index contributed by atoms with van der Waals surface area (Å²) >= 11 is 0. The average Bonchev–Trinajstić information content (AvgIpc) is 2.28. The lowest BCUT2D eigenvalue weighted by Crippen LogP contribution is -2.34. The molecule has 17 heavy (non-hydrogen) atoms. The third-order valence-corrected chi connectivity index (χ3v) is 2.86. The van der Waals surface area contributed by atoms with Crippen LogP contribution in [0.5, 0.6) is 0 Å². The van der Waals surface area contributed by atoms with Gasteiger partial charge in [-0.2, -0.15) is 0 Å². The van der Waals surface area contributed by atoms with Gasteiger partial charge in [0, 0.05) is 6.42 Å². The minimum absolute atomic E-state index is 0.0477. The van der Waals surface area contributed by atoms with Crippen LogP contribution in [0.3, 0.4) is 0 Å². The number of Topliss-reactive ketones (excluding diaryl/α,β-unsaturated/α-hetero) is 1. The van der Waals surface area contributed by atoms with Gasteiger partial charge in [0.05, 0.1) is 0 Å². The standard InChI is InChI=1S/C15H22O2/c1-15(2,3)14(17)13(16)11-7-10-12-8-5-4-6-9-12/h4-6,8-9,14,17H,7,10-11H2,1-3H3. The smallest absolute Gasteiger partial charge is 0.161 e. The second-order valence-corrected chi connectivity index (χ2v) is 5.57. The van der Waals surface area contributed by atoms with Crippen LogP contribution in [-0.4, -0.2) is 17.0 Å². The number of carbonyl (C=O) groups is 1. The van der Waals surface area contributed by atoms with Crippen molar-refractivity contribution >= 4 is 5.78 Å². The van der Waals surface area contributed by atoms with Gasteiger partial charge in [-0.25, -0.2) is 0 Å². The summed E-state index contributed by atoms with van der Waals surface area (Å²) in [5, 5.41) is 9.80. The number of carbonyl (C=O) groups excluding carboxylic acids is 1. The summed E-state index contributed by atoms with van der Waals surface area (Å²) in [6.45, 7) is 5.65. The Bertz CT molecular complexity index is 349. The van der Waals surface area contributed by atoms with Crippen molar-refractivity contribution in [2.24, 2.45) is 5.41 Å². The first kappa shape index (κ1) is 13.9. The number of rotatable bonds is 5. The Morgan fingerprint density at radius 1 is 1.24 bits per heavy atom. The molecule has 0 bridgehead atoms. The van der Waals surface area contributed by atoms with Crippen LogP contribution in [0, 0.1) is 5.41 Å². The summed E-state index contributed by atoms with van der Waals surface area (Å²) in [6.07, 6.45) is 1.30. The van der Waals surface area contributed by atoms with E-state index < -0.39 is 6.10 Å². The summed E-state index contributed by atoms with van der Waals surface area (Å²) in [6, 6.07) is 10.1. The van der Waals surface area contributed by atoms with E-state index in [1.807, 2.05) is 39.0 Å². The summed E-state index contributed by atoms with van der Waals surface area (Å²) in [7, 11) is 0. The van der Waals surface area contributed by atoms with Crippen molar-refractivity contribution in [2.45, 2.75) is 46.1 Å².